The summed E-state index contributed by atoms with van der Waals surface area (Å²) >= 11 is 4.41. The number of nitrogens with one attached hydrogen (secondary N) is 2. The van der Waals surface area contributed by atoms with Gasteiger partial charge in [0.05, 0.1) is 5.49 Å². The van der Waals surface area contributed by atoms with E-state index in [0.29, 0.717) is 0 Å². The van der Waals surface area contributed by atoms with E-state index in [1.165, 1.54) is 5.49 Å². The monoisotopic (exact) mass is 146 g/mol. The Morgan fingerprint density at radius 2 is 2.22 bits per heavy atom. The van der Waals surface area contributed by atoms with Crippen LogP contribution in [-0.4, -0.2) is 11.4 Å². The van der Waals surface area contributed by atoms with E-state index >= 15 is 0 Å². The summed E-state index contributed by atoms with van der Waals surface area (Å²) in [7, 11) is 0. The van der Waals surface area contributed by atoms with Crippen molar-refractivity contribution < 1.29 is 4.79 Å². The molecule has 0 aliphatic heterocycles. The molecule has 0 atom stereocenters. The summed E-state index contributed by atoms with van der Waals surface area (Å²) in [4.78, 5) is 10.7. The predicted octanol–water partition coefficient (Wildman–Crippen LogP) is 0.220. The lowest BCUT2D eigenvalue weighted by Crippen LogP contribution is -2.38. The molecule has 1 amide bonds. The summed E-state index contributed by atoms with van der Waals surface area (Å²) in [5, 5.41) is 0. The Labute approximate surface area is 59.8 Å². The predicted molar refractivity (Wildman–Crippen MR) is 39.8 cm³/mol. The van der Waals surface area contributed by atoms with Gasteiger partial charge in [0.25, 0.3) is 0 Å². The molecule has 0 rings (SSSR count). The first kappa shape index (κ1) is 8.36. The molecule has 4 heteroatoms. The molecule has 0 saturated heterocycles. The van der Waals surface area contributed by atoms with Gasteiger partial charge in [-0.2, -0.15) is 0 Å². The van der Waals surface area contributed by atoms with E-state index in [9.17, 15) is 4.79 Å². The highest BCUT2D eigenvalue weighted by atomic mass is 32.1. The zero-order valence-electron chi connectivity index (χ0n) is 5.47. The van der Waals surface area contributed by atoms with Crippen molar-refractivity contribution in [3.05, 3.63) is 0 Å². The lowest BCUT2D eigenvalue weighted by molar-refractivity contribution is -0.124. The number of amides is 1. The van der Waals surface area contributed by atoms with Gasteiger partial charge in [-0.25, -0.2) is 0 Å². The summed E-state index contributed by atoms with van der Waals surface area (Å²) in [5.74, 6) is -0.0662. The Morgan fingerprint density at radius 1 is 1.67 bits per heavy atom. The van der Waals surface area contributed by atoms with Gasteiger partial charge in [-0.1, -0.05) is 26.1 Å². The van der Waals surface area contributed by atoms with Gasteiger partial charge >= 0.3 is 0 Å². The normalized spacial score (nSPS) is 8.78. The first-order valence-corrected chi connectivity index (χ1v) is 3.14. The number of thiocarbonyl (C=S) groups is 1. The van der Waals surface area contributed by atoms with Crippen LogP contribution in [0.1, 0.15) is 13.8 Å². The van der Waals surface area contributed by atoms with E-state index in [-0.39, 0.29) is 11.8 Å². The first-order valence-electron chi connectivity index (χ1n) is 2.67. The summed E-state index contributed by atoms with van der Waals surface area (Å²) in [6.07, 6.45) is 0. The molecule has 0 aromatic carbocycles. The third-order valence-electron chi connectivity index (χ3n) is 0.779. The lowest BCUT2D eigenvalue weighted by Gasteiger charge is -2.04. The molecule has 9 heavy (non-hydrogen) atoms. The standard InChI is InChI=1S/C5H10N2OS/c1-4(2)5(8)7-6-3-9/h3-4H,1-2H3,(H,6,9)(H,7,8). The van der Waals surface area contributed by atoms with Crippen molar-refractivity contribution in [2.45, 2.75) is 13.8 Å². The molecule has 2 N–H and O–H groups in total. The first-order chi connectivity index (χ1) is 4.18. The maximum Gasteiger partial charge on any atom is 0.240 e. The Balaban J connectivity index is 3.38. The maximum absolute atomic E-state index is 10.7. The van der Waals surface area contributed by atoms with Gasteiger partial charge in [-0.15, -0.1) is 0 Å². The fraction of sp³-hybridized carbons (Fsp3) is 0.600. The minimum atomic E-state index is -0.0592. The van der Waals surface area contributed by atoms with Crippen LogP contribution in [0.4, 0.5) is 0 Å². The second-order valence-corrected chi connectivity index (χ2v) is 2.14. The lowest BCUT2D eigenvalue weighted by atomic mass is 10.2. The number of carbonyl (C=O) groups is 1. The van der Waals surface area contributed by atoms with Gasteiger partial charge in [-0.05, 0) is 0 Å². The van der Waals surface area contributed by atoms with Crippen molar-refractivity contribution in [1.29, 1.82) is 0 Å². The second kappa shape index (κ2) is 4.26. The molecule has 0 aliphatic rings. The summed E-state index contributed by atoms with van der Waals surface area (Å²) < 4.78 is 0. The minimum absolute atomic E-state index is 0.00699. The van der Waals surface area contributed by atoms with Crippen molar-refractivity contribution in [3.63, 3.8) is 0 Å². The molecule has 0 aromatic heterocycles. The smallest absolute Gasteiger partial charge is 0.240 e. The molecule has 0 unspecified atom stereocenters. The third kappa shape index (κ3) is 3.90. The largest absolute Gasteiger partial charge is 0.295 e. The van der Waals surface area contributed by atoms with E-state index in [1.54, 1.807) is 13.8 Å². The minimum Gasteiger partial charge on any atom is -0.295 e. The molecule has 3 nitrogen and oxygen atoms in total. The molecule has 0 radical (unpaired) electrons. The fourth-order valence-corrected chi connectivity index (χ4v) is 0.304. The number of rotatable bonds is 3. The van der Waals surface area contributed by atoms with E-state index in [2.05, 4.69) is 23.1 Å². The van der Waals surface area contributed by atoms with Crippen LogP contribution in [0.2, 0.25) is 0 Å². The highest BCUT2D eigenvalue weighted by Crippen LogP contribution is 1.87. The summed E-state index contributed by atoms with van der Waals surface area (Å²) in [5.41, 5.74) is 6.05. The van der Waals surface area contributed by atoms with Crippen LogP contribution in [-0.2, 0) is 4.79 Å². The average Bonchev–Trinajstić information content (AvgIpc) is 1.82. The topological polar surface area (TPSA) is 41.1 Å². The second-order valence-electron chi connectivity index (χ2n) is 1.91. The van der Waals surface area contributed by atoms with Crippen molar-refractivity contribution in [3.8, 4) is 0 Å². The van der Waals surface area contributed by atoms with E-state index in [1.807, 2.05) is 0 Å². The molecule has 0 aromatic rings. The zero-order chi connectivity index (χ0) is 7.28. The molecule has 0 fully saturated rings. The van der Waals surface area contributed by atoms with Gasteiger partial charge < -0.3 is 0 Å². The van der Waals surface area contributed by atoms with Crippen LogP contribution < -0.4 is 10.9 Å². The molecule has 0 aliphatic carbocycles. The Kier molecular flexibility index (Phi) is 3.96. The van der Waals surface area contributed by atoms with Crippen LogP contribution in [0.3, 0.4) is 0 Å². The van der Waals surface area contributed by atoms with Gasteiger partial charge in [0, 0.05) is 5.92 Å². The number of hydrogen-bond donors (Lipinski definition) is 2. The van der Waals surface area contributed by atoms with Gasteiger partial charge in [0.1, 0.15) is 0 Å². The SMILES string of the molecule is CC(C)C(=O)NNC=S. The van der Waals surface area contributed by atoms with E-state index in [0.717, 1.165) is 0 Å². The van der Waals surface area contributed by atoms with Gasteiger partial charge in [0.2, 0.25) is 5.91 Å². The number of carbonyl (C=O) groups excluding carboxylic acids is 1. The van der Waals surface area contributed by atoms with Crippen LogP contribution >= 0.6 is 12.2 Å². The summed E-state index contributed by atoms with van der Waals surface area (Å²) in [6.45, 7) is 3.61. The van der Waals surface area contributed by atoms with E-state index in [4.69, 9.17) is 0 Å². The molecule has 0 saturated carbocycles. The fourth-order valence-electron chi connectivity index (χ4n) is 0.245. The van der Waals surface area contributed by atoms with Crippen LogP contribution in [0.25, 0.3) is 0 Å². The molecule has 0 heterocycles. The van der Waals surface area contributed by atoms with Gasteiger partial charge in [0.15, 0.2) is 0 Å². The molecular formula is C5H10N2OS. The highest BCUT2D eigenvalue weighted by molar-refractivity contribution is 7.78. The Bertz CT molecular complexity index is 114. The molecular weight excluding hydrogens is 136 g/mol. The van der Waals surface area contributed by atoms with Crippen molar-refractivity contribution >= 4 is 23.6 Å². The maximum atomic E-state index is 10.7. The Morgan fingerprint density at radius 3 is 2.56 bits per heavy atom. The highest BCUT2D eigenvalue weighted by Gasteiger charge is 2.02. The van der Waals surface area contributed by atoms with Crippen molar-refractivity contribution in [2.75, 3.05) is 0 Å². The van der Waals surface area contributed by atoms with Crippen molar-refractivity contribution in [1.82, 2.24) is 10.9 Å². The molecule has 0 spiro atoms. The molecule has 0 bridgehead atoms. The summed E-state index contributed by atoms with van der Waals surface area (Å²) in [6, 6.07) is 0. The molecule has 52 valence electrons. The zero-order valence-corrected chi connectivity index (χ0v) is 6.29. The number of hydrazine groups is 1. The van der Waals surface area contributed by atoms with Crippen LogP contribution in [0, 0.1) is 5.92 Å². The van der Waals surface area contributed by atoms with Gasteiger partial charge in [-0.3, -0.25) is 15.6 Å². The Hall–Kier alpha value is -0.640. The van der Waals surface area contributed by atoms with Crippen LogP contribution in [0.5, 0.6) is 0 Å². The van der Waals surface area contributed by atoms with Crippen molar-refractivity contribution in [2.24, 2.45) is 5.92 Å². The quantitative estimate of drug-likeness (QED) is 0.442. The number of hydrogen-bond acceptors (Lipinski definition) is 2. The third-order valence-corrected chi connectivity index (χ3v) is 0.897. The van der Waals surface area contributed by atoms with Crippen LogP contribution in [0.15, 0.2) is 0 Å². The average molecular weight is 146 g/mol. The van der Waals surface area contributed by atoms with E-state index < -0.39 is 0 Å².